The van der Waals surface area contributed by atoms with Gasteiger partial charge >= 0.3 is 0 Å². The third kappa shape index (κ3) is 4.31. The van der Waals surface area contributed by atoms with Gasteiger partial charge in [-0.05, 0) is 59.6 Å². The topological polar surface area (TPSA) is 58.2 Å². The second-order valence-corrected chi connectivity index (χ2v) is 7.05. The van der Waals surface area contributed by atoms with Crippen LogP contribution in [-0.4, -0.2) is 17.4 Å². The van der Waals surface area contributed by atoms with Gasteiger partial charge in [-0.3, -0.25) is 9.59 Å². The van der Waals surface area contributed by atoms with Crippen LogP contribution >= 0.6 is 0 Å². The molecule has 0 aliphatic rings. The van der Waals surface area contributed by atoms with Crippen LogP contribution in [-0.2, 0) is 9.59 Å². The van der Waals surface area contributed by atoms with Gasteiger partial charge in [-0.15, -0.1) is 0 Å². The molecule has 0 fully saturated rings. The molecule has 0 bridgehead atoms. The maximum Gasteiger partial charge on any atom is 0.239 e. The Balaban J connectivity index is 2.94. The average molecular weight is 290 g/mol. The predicted molar refractivity (Wildman–Crippen MR) is 86.2 cm³/mol. The zero-order valence-corrected chi connectivity index (χ0v) is 14.0. The van der Waals surface area contributed by atoms with Crippen LogP contribution in [0.3, 0.4) is 0 Å². The van der Waals surface area contributed by atoms with E-state index in [-0.39, 0.29) is 17.4 Å². The number of carbonyl (C=O) groups excluding carboxylic acids is 2. The molecule has 1 aromatic carbocycles. The largest absolute Gasteiger partial charge is 0.351 e. The van der Waals surface area contributed by atoms with E-state index in [1.807, 2.05) is 52.8 Å². The van der Waals surface area contributed by atoms with Gasteiger partial charge in [0.25, 0.3) is 0 Å². The van der Waals surface area contributed by atoms with Gasteiger partial charge in [0.2, 0.25) is 11.8 Å². The van der Waals surface area contributed by atoms with Gasteiger partial charge < -0.3 is 10.6 Å². The number of benzene rings is 1. The Labute approximate surface area is 127 Å². The Bertz CT molecular complexity index is 534. The summed E-state index contributed by atoms with van der Waals surface area (Å²) >= 11 is 0. The number of nitrogens with one attached hydrogen (secondary N) is 2. The lowest BCUT2D eigenvalue weighted by Crippen LogP contribution is -2.51. The quantitative estimate of drug-likeness (QED) is 0.840. The molecular formula is C17H26N2O2. The number of amides is 2. The van der Waals surface area contributed by atoms with E-state index >= 15 is 0 Å². The molecule has 0 heterocycles. The van der Waals surface area contributed by atoms with Crippen LogP contribution in [0.15, 0.2) is 18.2 Å². The molecule has 0 saturated carbocycles. The van der Waals surface area contributed by atoms with E-state index < -0.39 is 5.41 Å². The molecular weight excluding hydrogens is 264 g/mol. The molecule has 0 radical (unpaired) electrons. The molecule has 0 spiro atoms. The summed E-state index contributed by atoms with van der Waals surface area (Å²) in [4.78, 5) is 24.8. The molecule has 2 amide bonds. The Hall–Kier alpha value is -1.84. The van der Waals surface area contributed by atoms with E-state index in [0.717, 1.165) is 16.8 Å². The summed E-state index contributed by atoms with van der Waals surface area (Å²) in [6.45, 7) is 12.8. The number of aryl methyl sites for hydroxylation is 2. The van der Waals surface area contributed by atoms with Crippen molar-refractivity contribution in [3.8, 4) is 0 Å². The fourth-order valence-corrected chi connectivity index (χ4v) is 1.88. The minimum atomic E-state index is -1.14. The van der Waals surface area contributed by atoms with E-state index in [1.165, 1.54) is 0 Å². The van der Waals surface area contributed by atoms with Crippen LogP contribution in [0.4, 0.5) is 5.69 Å². The van der Waals surface area contributed by atoms with Crippen molar-refractivity contribution in [3.63, 3.8) is 0 Å². The number of hydrogen-bond donors (Lipinski definition) is 2. The minimum Gasteiger partial charge on any atom is -0.351 e. The fraction of sp³-hybridized carbons (Fsp3) is 0.529. The summed E-state index contributed by atoms with van der Waals surface area (Å²) in [6.07, 6.45) is 0. The van der Waals surface area contributed by atoms with Crippen molar-refractivity contribution in [1.82, 2.24) is 5.32 Å². The molecule has 2 N–H and O–H groups in total. The molecule has 116 valence electrons. The molecule has 0 saturated heterocycles. The van der Waals surface area contributed by atoms with Crippen molar-refractivity contribution < 1.29 is 9.59 Å². The van der Waals surface area contributed by atoms with Crippen LogP contribution in [0.1, 0.15) is 45.7 Å². The van der Waals surface area contributed by atoms with E-state index in [2.05, 4.69) is 10.6 Å². The summed E-state index contributed by atoms with van der Waals surface area (Å²) in [7, 11) is 0. The Morgan fingerprint density at radius 2 is 1.38 bits per heavy atom. The van der Waals surface area contributed by atoms with Gasteiger partial charge in [0, 0.05) is 11.2 Å². The van der Waals surface area contributed by atoms with Crippen molar-refractivity contribution in [1.29, 1.82) is 0 Å². The standard InChI is InChI=1S/C17H26N2O2/c1-11-9-8-10-12(2)13(11)18-14(20)17(6,7)15(21)19-16(3,4)5/h8-10H,1-7H3,(H,18,20)(H,19,21). The van der Waals surface area contributed by atoms with Crippen molar-refractivity contribution in [2.45, 2.75) is 54.0 Å². The molecule has 0 aliphatic heterocycles. The van der Waals surface area contributed by atoms with Gasteiger partial charge in [0.1, 0.15) is 5.41 Å². The van der Waals surface area contributed by atoms with Gasteiger partial charge in [-0.1, -0.05) is 18.2 Å². The van der Waals surface area contributed by atoms with Crippen molar-refractivity contribution in [3.05, 3.63) is 29.3 Å². The van der Waals surface area contributed by atoms with Crippen molar-refractivity contribution >= 4 is 17.5 Å². The molecule has 1 aromatic rings. The second kappa shape index (κ2) is 5.88. The lowest BCUT2D eigenvalue weighted by atomic mass is 9.89. The molecule has 0 aliphatic carbocycles. The van der Waals surface area contributed by atoms with Crippen LogP contribution < -0.4 is 10.6 Å². The van der Waals surface area contributed by atoms with Gasteiger partial charge in [0.05, 0.1) is 0 Å². The first kappa shape index (κ1) is 17.2. The molecule has 0 aromatic heterocycles. The molecule has 0 unspecified atom stereocenters. The Morgan fingerprint density at radius 1 is 0.905 bits per heavy atom. The normalized spacial score (nSPS) is 12.0. The Morgan fingerprint density at radius 3 is 1.81 bits per heavy atom. The second-order valence-electron chi connectivity index (χ2n) is 7.05. The summed E-state index contributed by atoms with van der Waals surface area (Å²) in [5, 5.41) is 5.74. The zero-order chi connectivity index (χ0) is 16.4. The van der Waals surface area contributed by atoms with E-state index in [4.69, 9.17) is 0 Å². The number of carbonyl (C=O) groups is 2. The van der Waals surface area contributed by atoms with E-state index in [9.17, 15) is 9.59 Å². The number of hydrogen-bond acceptors (Lipinski definition) is 2. The molecule has 21 heavy (non-hydrogen) atoms. The molecule has 1 rings (SSSR count). The summed E-state index contributed by atoms with van der Waals surface area (Å²) in [6, 6.07) is 5.81. The van der Waals surface area contributed by atoms with Crippen molar-refractivity contribution in [2.24, 2.45) is 5.41 Å². The SMILES string of the molecule is Cc1cccc(C)c1NC(=O)C(C)(C)C(=O)NC(C)(C)C. The van der Waals surface area contributed by atoms with Gasteiger partial charge in [0.15, 0.2) is 0 Å². The fourth-order valence-electron chi connectivity index (χ4n) is 1.88. The zero-order valence-electron chi connectivity index (χ0n) is 14.0. The highest BCUT2D eigenvalue weighted by molar-refractivity contribution is 6.10. The smallest absolute Gasteiger partial charge is 0.239 e. The van der Waals surface area contributed by atoms with Crippen LogP contribution in [0, 0.1) is 19.3 Å². The molecule has 4 heteroatoms. The molecule has 0 atom stereocenters. The Kier molecular flexibility index (Phi) is 4.82. The van der Waals surface area contributed by atoms with Gasteiger partial charge in [-0.25, -0.2) is 0 Å². The number of para-hydroxylation sites is 1. The summed E-state index contributed by atoms with van der Waals surface area (Å²) < 4.78 is 0. The maximum absolute atomic E-state index is 12.5. The first-order chi connectivity index (χ1) is 9.45. The highest BCUT2D eigenvalue weighted by atomic mass is 16.2. The monoisotopic (exact) mass is 290 g/mol. The third-order valence-corrected chi connectivity index (χ3v) is 3.34. The average Bonchev–Trinajstić information content (AvgIpc) is 2.31. The number of rotatable bonds is 3. The predicted octanol–water partition coefficient (Wildman–Crippen LogP) is 3.18. The lowest BCUT2D eigenvalue weighted by Gasteiger charge is -2.29. The highest BCUT2D eigenvalue weighted by Gasteiger charge is 2.37. The summed E-state index contributed by atoms with van der Waals surface area (Å²) in [5.41, 5.74) is 1.24. The highest BCUT2D eigenvalue weighted by Crippen LogP contribution is 2.24. The summed E-state index contributed by atoms with van der Waals surface area (Å²) in [5.74, 6) is -0.583. The first-order valence-corrected chi connectivity index (χ1v) is 7.15. The van der Waals surface area contributed by atoms with Crippen LogP contribution in [0.5, 0.6) is 0 Å². The minimum absolute atomic E-state index is 0.279. The maximum atomic E-state index is 12.5. The van der Waals surface area contributed by atoms with E-state index in [1.54, 1.807) is 13.8 Å². The molecule has 4 nitrogen and oxygen atoms in total. The van der Waals surface area contributed by atoms with E-state index in [0.29, 0.717) is 0 Å². The van der Waals surface area contributed by atoms with Crippen LogP contribution in [0.25, 0.3) is 0 Å². The lowest BCUT2D eigenvalue weighted by molar-refractivity contribution is -0.139. The van der Waals surface area contributed by atoms with Crippen LogP contribution in [0.2, 0.25) is 0 Å². The van der Waals surface area contributed by atoms with Crippen molar-refractivity contribution in [2.75, 3.05) is 5.32 Å². The first-order valence-electron chi connectivity index (χ1n) is 7.15. The van der Waals surface area contributed by atoms with Gasteiger partial charge in [-0.2, -0.15) is 0 Å². The number of anilines is 1. The third-order valence-electron chi connectivity index (χ3n) is 3.34.